The van der Waals surface area contributed by atoms with E-state index in [2.05, 4.69) is 4.98 Å². The van der Waals surface area contributed by atoms with Crippen molar-refractivity contribution in [2.75, 3.05) is 0 Å². The summed E-state index contributed by atoms with van der Waals surface area (Å²) in [6.45, 7) is 5.75. The minimum Gasteiger partial charge on any atom is -0.344 e. The van der Waals surface area contributed by atoms with E-state index in [0.717, 1.165) is 5.56 Å². The number of aromatic nitrogens is 1. The molecule has 0 saturated carbocycles. The zero-order chi connectivity index (χ0) is 11.8. The van der Waals surface area contributed by atoms with Crippen LogP contribution >= 0.6 is 0 Å². The molecular weight excluding hydrogens is 204 g/mol. The first-order valence-electron chi connectivity index (χ1n) is 5.23. The van der Waals surface area contributed by atoms with Gasteiger partial charge in [0.05, 0.1) is 6.10 Å². The molecule has 1 aliphatic heterocycles. The van der Waals surface area contributed by atoms with Crippen LogP contribution in [-0.2, 0) is 9.47 Å². The third kappa shape index (κ3) is 2.06. The Balaban J connectivity index is 2.22. The van der Waals surface area contributed by atoms with Crippen LogP contribution in [0, 0.1) is 11.3 Å². The zero-order valence-electron chi connectivity index (χ0n) is 9.60. The largest absolute Gasteiger partial charge is 0.344 e. The molecule has 4 heteroatoms. The van der Waals surface area contributed by atoms with Crippen molar-refractivity contribution >= 4 is 0 Å². The van der Waals surface area contributed by atoms with E-state index in [4.69, 9.17) is 14.7 Å². The molecule has 0 aliphatic carbocycles. The van der Waals surface area contributed by atoms with Gasteiger partial charge in [-0.05, 0) is 26.8 Å². The summed E-state index contributed by atoms with van der Waals surface area (Å²) in [6, 6.07) is 5.54. The van der Waals surface area contributed by atoms with Crippen LogP contribution in [0.25, 0.3) is 0 Å². The smallest absolute Gasteiger partial charge is 0.164 e. The normalized spacial score (nSPS) is 27.6. The van der Waals surface area contributed by atoms with E-state index in [0.29, 0.717) is 5.69 Å². The Hall–Kier alpha value is -1.44. The molecule has 4 nitrogen and oxygen atoms in total. The van der Waals surface area contributed by atoms with Crippen molar-refractivity contribution < 1.29 is 9.47 Å². The maximum Gasteiger partial charge on any atom is 0.164 e. The van der Waals surface area contributed by atoms with E-state index in [1.54, 1.807) is 12.3 Å². The van der Waals surface area contributed by atoms with Crippen molar-refractivity contribution in [1.29, 1.82) is 5.26 Å². The lowest BCUT2D eigenvalue weighted by Crippen LogP contribution is -2.20. The number of rotatable bonds is 1. The highest BCUT2D eigenvalue weighted by molar-refractivity contribution is 5.25. The van der Waals surface area contributed by atoms with Crippen LogP contribution in [0.1, 0.15) is 38.1 Å². The van der Waals surface area contributed by atoms with E-state index in [1.165, 1.54) is 0 Å². The third-order valence-corrected chi connectivity index (χ3v) is 2.54. The molecule has 0 aromatic carbocycles. The second-order valence-corrected chi connectivity index (χ2v) is 4.35. The SMILES string of the molecule is CC1OC(C)(C)OC1c1ccc(C#N)nc1. The van der Waals surface area contributed by atoms with Gasteiger partial charge in [-0.1, -0.05) is 6.07 Å². The molecule has 1 saturated heterocycles. The molecule has 1 aromatic heterocycles. The van der Waals surface area contributed by atoms with Crippen LogP contribution in [0.5, 0.6) is 0 Å². The summed E-state index contributed by atoms with van der Waals surface area (Å²) in [5, 5.41) is 8.66. The minimum absolute atomic E-state index is 0.00950. The van der Waals surface area contributed by atoms with Crippen LogP contribution in [-0.4, -0.2) is 16.9 Å². The van der Waals surface area contributed by atoms with Gasteiger partial charge in [-0.3, -0.25) is 0 Å². The van der Waals surface area contributed by atoms with E-state index < -0.39 is 5.79 Å². The van der Waals surface area contributed by atoms with Gasteiger partial charge in [-0.15, -0.1) is 0 Å². The average molecular weight is 218 g/mol. The van der Waals surface area contributed by atoms with Gasteiger partial charge in [-0.2, -0.15) is 5.26 Å². The van der Waals surface area contributed by atoms with E-state index >= 15 is 0 Å². The molecule has 0 N–H and O–H groups in total. The summed E-state index contributed by atoms with van der Waals surface area (Å²) in [5.74, 6) is -0.558. The number of hydrogen-bond acceptors (Lipinski definition) is 4. The first-order chi connectivity index (χ1) is 7.52. The van der Waals surface area contributed by atoms with Crippen LogP contribution in [0.15, 0.2) is 18.3 Å². The lowest BCUT2D eigenvalue weighted by molar-refractivity contribution is -0.145. The summed E-state index contributed by atoms with van der Waals surface area (Å²) in [5.41, 5.74) is 1.35. The van der Waals surface area contributed by atoms with Gasteiger partial charge >= 0.3 is 0 Å². The Kier molecular flexibility index (Phi) is 2.66. The highest BCUT2D eigenvalue weighted by atomic mass is 16.7. The van der Waals surface area contributed by atoms with Gasteiger partial charge in [0, 0.05) is 11.8 Å². The highest BCUT2D eigenvalue weighted by Crippen LogP contribution is 2.37. The molecule has 1 aliphatic rings. The molecule has 16 heavy (non-hydrogen) atoms. The number of pyridine rings is 1. The summed E-state index contributed by atoms with van der Waals surface area (Å²) in [4.78, 5) is 4.03. The van der Waals surface area contributed by atoms with Gasteiger partial charge in [0.1, 0.15) is 17.9 Å². The molecule has 0 amide bonds. The summed E-state index contributed by atoms with van der Waals surface area (Å²) < 4.78 is 11.4. The fourth-order valence-corrected chi connectivity index (χ4v) is 1.92. The predicted molar refractivity (Wildman–Crippen MR) is 57.4 cm³/mol. The lowest BCUT2D eigenvalue weighted by atomic mass is 10.1. The Bertz CT molecular complexity index is 420. The Morgan fingerprint density at radius 2 is 2.12 bits per heavy atom. The first-order valence-corrected chi connectivity index (χ1v) is 5.23. The zero-order valence-corrected chi connectivity index (χ0v) is 9.60. The van der Waals surface area contributed by atoms with Gasteiger partial charge in [-0.25, -0.2) is 4.98 Å². The van der Waals surface area contributed by atoms with Crippen molar-refractivity contribution in [3.8, 4) is 6.07 Å². The second-order valence-electron chi connectivity index (χ2n) is 4.35. The molecule has 0 spiro atoms. The average Bonchev–Trinajstić information content (AvgIpc) is 2.52. The van der Waals surface area contributed by atoms with Gasteiger partial charge in [0.2, 0.25) is 0 Å². The topological polar surface area (TPSA) is 55.1 Å². The van der Waals surface area contributed by atoms with Crippen molar-refractivity contribution in [3.63, 3.8) is 0 Å². The highest BCUT2D eigenvalue weighted by Gasteiger charge is 2.39. The van der Waals surface area contributed by atoms with Gasteiger partial charge < -0.3 is 9.47 Å². The van der Waals surface area contributed by atoms with Crippen molar-refractivity contribution in [3.05, 3.63) is 29.6 Å². The van der Waals surface area contributed by atoms with E-state index in [1.807, 2.05) is 32.9 Å². The van der Waals surface area contributed by atoms with Crippen molar-refractivity contribution in [2.45, 2.75) is 38.8 Å². The van der Waals surface area contributed by atoms with E-state index in [9.17, 15) is 0 Å². The van der Waals surface area contributed by atoms with Gasteiger partial charge in [0.25, 0.3) is 0 Å². The molecule has 0 radical (unpaired) electrons. The number of ether oxygens (including phenoxy) is 2. The number of nitrogens with zero attached hydrogens (tertiary/aromatic N) is 2. The van der Waals surface area contributed by atoms with Crippen LogP contribution < -0.4 is 0 Å². The summed E-state index contributed by atoms with van der Waals surface area (Å²) in [6.07, 6.45) is 1.55. The van der Waals surface area contributed by atoms with Gasteiger partial charge in [0.15, 0.2) is 5.79 Å². The monoisotopic (exact) mass is 218 g/mol. The molecule has 1 fully saturated rings. The Morgan fingerprint density at radius 3 is 2.56 bits per heavy atom. The maximum atomic E-state index is 8.66. The van der Waals surface area contributed by atoms with Crippen molar-refractivity contribution in [2.24, 2.45) is 0 Å². The molecule has 0 bridgehead atoms. The molecule has 2 heterocycles. The van der Waals surface area contributed by atoms with E-state index in [-0.39, 0.29) is 12.2 Å². The van der Waals surface area contributed by atoms with Crippen molar-refractivity contribution in [1.82, 2.24) is 4.98 Å². The fraction of sp³-hybridized carbons (Fsp3) is 0.500. The second kappa shape index (κ2) is 3.85. The van der Waals surface area contributed by atoms with Crippen LogP contribution in [0.2, 0.25) is 0 Å². The summed E-state index contributed by atoms with van der Waals surface area (Å²) >= 11 is 0. The molecular formula is C12H14N2O2. The quantitative estimate of drug-likeness (QED) is 0.724. The molecule has 2 rings (SSSR count). The molecule has 2 atom stereocenters. The summed E-state index contributed by atoms with van der Waals surface area (Å²) in [7, 11) is 0. The molecule has 2 unspecified atom stereocenters. The number of hydrogen-bond donors (Lipinski definition) is 0. The first kappa shape index (κ1) is 11.1. The van der Waals surface area contributed by atoms with Crippen LogP contribution in [0.3, 0.4) is 0 Å². The minimum atomic E-state index is -0.558. The molecule has 1 aromatic rings. The number of nitriles is 1. The van der Waals surface area contributed by atoms with Crippen LogP contribution in [0.4, 0.5) is 0 Å². The lowest BCUT2D eigenvalue weighted by Gasteiger charge is -2.16. The fourth-order valence-electron chi connectivity index (χ4n) is 1.92. The Morgan fingerprint density at radius 1 is 1.38 bits per heavy atom. The maximum absolute atomic E-state index is 8.66. The third-order valence-electron chi connectivity index (χ3n) is 2.54. The molecule has 84 valence electrons. The Labute approximate surface area is 94.8 Å². The standard InChI is InChI=1S/C12H14N2O2/c1-8-11(16-12(2,3)15-8)9-4-5-10(6-13)14-7-9/h4-5,7-8,11H,1-3H3. The predicted octanol–water partition coefficient (Wildman–Crippen LogP) is 2.17.